The number of alkyl halides is 2. The zero-order chi connectivity index (χ0) is 19.6. The highest BCUT2D eigenvalue weighted by Crippen LogP contribution is 2.39. The molecule has 0 saturated heterocycles. The molecule has 0 heterocycles. The Bertz CT molecular complexity index is 542. The van der Waals surface area contributed by atoms with Crippen LogP contribution in [0.3, 0.4) is 0 Å². The highest BCUT2D eigenvalue weighted by Gasteiger charge is 2.43. The first-order valence-electron chi connectivity index (χ1n) is 8.23. The highest BCUT2D eigenvalue weighted by atomic mass is 79.9. The molecule has 25 heavy (non-hydrogen) atoms. The number of hydrogen-bond donors (Lipinski definition) is 0. The van der Waals surface area contributed by atoms with E-state index >= 15 is 0 Å². The third kappa shape index (κ3) is 6.18. The summed E-state index contributed by atoms with van der Waals surface area (Å²) >= 11 is 7.12. The summed E-state index contributed by atoms with van der Waals surface area (Å²) in [5, 5.41) is 0.0696. The first kappa shape index (κ1) is 22.9. The molecule has 0 aromatic heterocycles. The van der Waals surface area contributed by atoms with Crippen molar-refractivity contribution in [3.63, 3.8) is 0 Å². The molecule has 0 amide bonds. The Morgan fingerprint density at radius 2 is 1.60 bits per heavy atom. The number of halogens is 2. The van der Waals surface area contributed by atoms with Crippen LogP contribution in [0.2, 0.25) is 18.1 Å². The largest absolute Gasteiger partial charge is 0.457 e. The van der Waals surface area contributed by atoms with Gasteiger partial charge in [0, 0.05) is 13.8 Å². The van der Waals surface area contributed by atoms with Crippen LogP contribution in [0.1, 0.15) is 34.6 Å². The van der Waals surface area contributed by atoms with E-state index in [-0.39, 0.29) is 26.6 Å². The Kier molecular flexibility index (Phi) is 7.93. The molecule has 0 aliphatic heterocycles. The van der Waals surface area contributed by atoms with E-state index in [0.29, 0.717) is 6.61 Å². The number of carbonyl (C=O) groups excluding carboxylic acids is 2. The molecule has 0 bridgehead atoms. The Balaban J connectivity index is 3.08. The molecule has 1 rings (SSSR count). The van der Waals surface area contributed by atoms with Gasteiger partial charge in [0.15, 0.2) is 8.32 Å². The van der Waals surface area contributed by atoms with E-state index in [1.54, 1.807) is 0 Å². The predicted molar refractivity (Wildman–Crippen MR) is 108 cm³/mol. The minimum atomic E-state index is -1.97. The molecule has 4 atom stereocenters. The molecular weight excluding hydrogens is 472 g/mol. The van der Waals surface area contributed by atoms with Crippen molar-refractivity contribution >= 4 is 52.1 Å². The van der Waals surface area contributed by atoms with Crippen LogP contribution in [0.4, 0.5) is 0 Å². The van der Waals surface area contributed by atoms with Gasteiger partial charge in [0.05, 0.1) is 16.3 Å². The first-order chi connectivity index (χ1) is 11.3. The van der Waals surface area contributed by atoms with Crippen LogP contribution >= 0.6 is 31.9 Å². The van der Waals surface area contributed by atoms with E-state index in [9.17, 15) is 9.59 Å². The van der Waals surface area contributed by atoms with E-state index in [1.807, 2.05) is 6.08 Å². The maximum Gasteiger partial charge on any atom is 0.303 e. The number of rotatable bonds is 5. The number of esters is 2. The summed E-state index contributed by atoms with van der Waals surface area (Å²) in [6.45, 7) is 13.9. The van der Waals surface area contributed by atoms with Crippen LogP contribution in [-0.4, -0.2) is 48.7 Å². The van der Waals surface area contributed by atoms with Crippen LogP contribution < -0.4 is 0 Å². The van der Waals surface area contributed by atoms with E-state index in [4.69, 9.17) is 13.9 Å². The predicted octanol–water partition coefficient (Wildman–Crippen LogP) is 4.34. The molecular formula is C17H28Br2O5Si. The lowest BCUT2D eigenvalue weighted by molar-refractivity contribution is -0.148. The third-order valence-electron chi connectivity index (χ3n) is 4.65. The summed E-state index contributed by atoms with van der Waals surface area (Å²) in [5.74, 6) is -0.723. The van der Waals surface area contributed by atoms with Gasteiger partial charge >= 0.3 is 11.9 Å². The summed E-state index contributed by atoms with van der Waals surface area (Å²) in [4.78, 5) is 22.5. The fourth-order valence-electron chi connectivity index (χ4n) is 2.17. The summed E-state index contributed by atoms with van der Waals surface area (Å²) in [5.41, 5.74) is 0.809. The van der Waals surface area contributed by atoms with Gasteiger partial charge in [-0.25, -0.2) is 0 Å². The van der Waals surface area contributed by atoms with Crippen LogP contribution in [0, 0.1) is 0 Å². The maximum absolute atomic E-state index is 11.5. The highest BCUT2D eigenvalue weighted by molar-refractivity contribution is 9.12. The molecule has 1 aliphatic carbocycles. The lowest BCUT2D eigenvalue weighted by Gasteiger charge is -2.39. The Morgan fingerprint density at radius 3 is 2.04 bits per heavy atom. The smallest absolute Gasteiger partial charge is 0.303 e. The standard InChI is InChI=1S/C17H28Br2O5Si/c1-10(20)23-13-8-12(9-22-25(6,7)17(3,4)5)16(24-11(2)21)15(19)14(13)18/h8,13-16H,9H2,1-7H3/t13-,14+,15-,16-/m0/s1. The van der Waals surface area contributed by atoms with E-state index in [2.05, 4.69) is 65.7 Å². The summed E-state index contributed by atoms with van der Waals surface area (Å²) in [7, 11) is -1.97. The molecule has 5 nitrogen and oxygen atoms in total. The average Bonchev–Trinajstić information content (AvgIpc) is 2.43. The summed E-state index contributed by atoms with van der Waals surface area (Å²) in [6, 6.07) is 0. The topological polar surface area (TPSA) is 61.8 Å². The van der Waals surface area contributed by atoms with Gasteiger partial charge in [-0.15, -0.1) is 0 Å². The minimum absolute atomic E-state index is 0.0696. The molecule has 0 aromatic rings. The van der Waals surface area contributed by atoms with Crippen molar-refractivity contribution in [3.05, 3.63) is 11.6 Å². The zero-order valence-corrected chi connectivity index (χ0v) is 20.1. The van der Waals surface area contributed by atoms with Gasteiger partial charge in [-0.05, 0) is 29.8 Å². The van der Waals surface area contributed by atoms with Crippen molar-refractivity contribution in [2.75, 3.05) is 6.61 Å². The van der Waals surface area contributed by atoms with Gasteiger partial charge in [0.25, 0.3) is 0 Å². The molecule has 0 spiro atoms. The van der Waals surface area contributed by atoms with Gasteiger partial charge in [0.2, 0.25) is 0 Å². The quantitative estimate of drug-likeness (QED) is 0.243. The molecule has 0 saturated carbocycles. The fraction of sp³-hybridized carbons (Fsp3) is 0.765. The van der Waals surface area contributed by atoms with E-state index in [0.717, 1.165) is 5.57 Å². The van der Waals surface area contributed by atoms with Crippen molar-refractivity contribution in [3.8, 4) is 0 Å². The van der Waals surface area contributed by atoms with Crippen LogP contribution in [0.25, 0.3) is 0 Å². The van der Waals surface area contributed by atoms with E-state index in [1.165, 1.54) is 13.8 Å². The summed E-state index contributed by atoms with van der Waals surface area (Å²) in [6.07, 6.45) is 0.907. The Labute approximate surface area is 168 Å². The Hall–Kier alpha value is -0.183. The van der Waals surface area contributed by atoms with Gasteiger partial charge in [-0.2, -0.15) is 0 Å². The van der Waals surface area contributed by atoms with Crippen LogP contribution in [-0.2, 0) is 23.5 Å². The molecule has 144 valence electrons. The molecule has 8 heteroatoms. The second-order valence-corrected chi connectivity index (χ2v) is 14.7. The fourth-order valence-corrected chi connectivity index (χ4v) is 4.42. The third-order valence-corrected chi connectivity index (χ3v) is 12.0. The SMILES string of the molecule is CC(=O)O[C@H]1C=C(CO[Si](C)(C)C(C)(C)C)[C@H](OC(C)=O)[C@@H](Br)[C@@H]1Br. The number of hydrogen-bond acceptors (Lipinski definition) is 5. The van der Waals surface area contributed by atoms with Crippen molar-refractivity contribution in [2.45, 2.75) is 74.6 Å². The molecule has 0 aromatic carbocycles. The maximum atomic E-state index is 11.5. The normalized spacial score (nSPS) is 27.5. The van der Waals surface area contributed by atoms with Crippen molar-refractivity contribution in [2.24, 2.45) is 0 Å². The number of carbonyl (C=O) groups is 2. The van der Waals surface area contributed by atoms with Gasteiger partial charge < -0.3 is 13.9 Å². The van der Waals surface area contributed by atoms with Gasteiger partial charge in [-0.3, -0.25) is 9.59 Å². The van der Waals surface area contributed by atoms with Crippen LogP contribution in [0.5, 0.6) is 0 Å². The number of ether oxygens (including phenoxy) is 2. The van der Waals surface area contributed by atoms with Crippen molar-refractivity contribution in [1.82, 2.24) is 0 Å². The minimum Gasteiger partial charge on any atom is -0.457 e. The van der Waals surface area contributed by atoms with Crippen molar-refractivity contribution < 1.29 is 23.5 Å². The molecule has 0 N–H and O–H groups in total. The van der Waals surface area contributed by atoms with Gasteiger partial charge in [0.1, 0.15) is 12.2 Å². The molecule has 0 unspecified atom stereocenters. The summed E-state index contributed by atoms with van der Waals surface area (Å²) < 4.78 is 17.2. The van der Waals surface area contributed by atoms with Gasteiger partial charge in [-0.1, -0.05) is 52.6 Å². The lowest BCUT2D eigenvalue weighted by Crippen LogP contribution is -2.48. The molecule has 1 aliphatic rings. The molecule has 0 radical (unpaired) electrons. The average molecular weight is 500 g/mol. The van der Waals surface area contributed by atoms with Crippen LogP contribution in [0.15, 0.2) is 11.6 Å². The first-order valence-corrected chi connectivity index (χ1v) is 13.0. The lowest BCUT2D eigenvalue weighted by atomic mass is 9.94. The second-order valence-electron chi connectivity index (χ2n) is 7.78. The second kappa shape index (κ2) is 8.67. The Morgan fingerprint density at radius 1 is 1.08 bits per heavy atom. The molecule has 0 fully saturated rings. The van der Waals surface area contributed by atoms with E-state index < -0.39 is 20.5 Å². The monoisotopic (exact) mass is 498 g/mol. The zero-order valence-electron chi connectivity index (χ0n) is 15.9. The van der Waals surface area contributed by atoms with Crippen molar-refractivity contribution in [1.29, 1.82) is 0 Å².